The Hall–Kier alpha value is -1.71. The lowest BCUT2D eigenvalue weighted by Crippen LogP contribution is -2.27. The highest BCUT2D eigenvalue weighted by Crippen LogP contribution is 2.37. The van der Waals surface area contributed by atoms with E-state index in [1.165, 1.54) is 38.5 Å². The molecule has 0 atom stereocenters. The standard InChI is InChI=1S/C23H30ClNO2/c1-2-26-22-15-19(16-25-20-12-8-3-4-9-13-20)14-21(24)23(22)27-17-18-10-6-5-7-11-18/h5-7,10-11,14-15,20,25H,2-4,8-9,12-13,16-17H2,1H3. The smallest absolute Gasteiger partial charge is 0.180 e. The summed E-state index contributed by atoms with van der Waals surface area (Å²) in [6.07, 6.45) is 7.93. The van der Waals surface area contributed by atoms with Crippen LogP contribution in [-0.2, 0) is 13.2 Å². The number of nitrogens with one attached hydrogen (secondary N) is 1. The molecule has 27 heavy (non-hydrogen) atoms. The van der Waals surface area contributed by atoms with Crippen LogP contribution in [-0.4, -0.2) is 12.6 Å². The van der Waals surface area contributed by atoms with Gasteiger partial charge in [0.1, 0.15) is 6.61 Å². The molecule has 146 valence electrons. The fraction of sp³-hybridized carbons (Fsp3) is 0.478. The van der Waals surface area contributed by atoms with Gasteiger partial charge in [0, 0.05) is 12.6 Å². The maximum Gasteiger partial charge on any atom is 0.180 e. The molecule has 0 radical (unpaired) electrons. The summed E-state index contributed by atoms with van der Waals surface area (Å²) in [5, 5.41) is 4.30. The molecule has 1 aliphatic carbocycles. The molecule has 2 aromatic rings. The highest BCUT2D eigenvalue weighted by Gasteiger charge is 2.15. The first-order valence-electron chi connectivity index (χ1n) is 10.1. The summed E-state index contributed by atoms with van der Waals surface area (Å²) in [4.78, 5) is 0. The highest BCUT2D eigenvalue weighted by atomic mass is 35.5. The molecular weight excluding hydrogens is 358 g/mol. The molecule has 1 fully saturated rings. The van der Waals surface area contributed by atoms with E-state index in [0.717, 1.165) is 23.4 Å². The molecule has 4 heteroatoms. The molecule has 0 unspecified atom stereocenters. The lowest BCUT2D eigenvalue weighted by molar-refractivity contribution is 0.269. The second kappa shape index (κ2) is 10.6. The zero-order chi connectivity index (χ0) is 18.9. The average Bonchev–Trinajstić information content (AvgIpc) is 2.96. The molecule has 1 aliphatic rings. The van der Waals surface area contributed by atoms with E-state index in [-0.39, 0.29) is 0 Å². The van der Waals surface area contributed by atoms with Crippen LogP contribution in [0, 0.1) is 0 Å². The molecular formula is C23H30ClNO2. The van der Waals surface area contributed by atoms with Crippen molar-refractivity contribution in [3.63, 3.8) is 0 Å². The van der Waals surface area contributed by atoms with Crippen molar-refractivity contribution in [1.29, 1.82) is 0 Å². The van der Waals surface area contributed by atoms with E-state index >= 15 is 0 Å². The third kappa shape index (κ3) is 6.15. The second-order valence-corrected chi connectivity index (χ2v) is 7.59. The summed E-state index contributed by atoms with van der Waals surface area (Å²) in [5.41, 5.74) is 2.25. The van der Waals surface area contributed by atoms with E-state index in [4.69, 9.17) is 21.1 Å². The molecule has 1 N–H and O–H groups in total. The third-order valence-corrected chi connectivity index (χ3v) is 5.33. The van der Waals surface area contributed by atoms with Crippen LogP contribution in [0.3, 0.4) is 0 Å². The number of benzene rings is 2. The fourth-order valence-electron chi connectivity index (χ4n) is 3.60. The minimum atomic E-state index is 0.473. The molecule has 0 spiro atoms. The second-order valence-electron chi connectivity index (χ2n) is 7.18. The van der Waals surface area contributed by atoms with Gasteiger partial charge in [-0.05, 0) is 43.0 Å². The molecule has 0 saturated heterocycles. The Balaban J connectivity index is 1.67. The van der Waals surface area contributed by atoms with Gasteiger partial charge in [-0.2, -0.15) is 0 Å². The van der Waals surface area contributed by atoms with Gasteiger partial charge in [-0.25, -0.2) is 0 Å². The van der Waals surface area contributed by atoms with Gasteiger partial charge in [0.15, 0.2) is 11.5 Å². The van der Waals surface area contributed by atoms with Gasteiger partial charge in [-0.1, -0.05) is 67.6 Å². The number of hydrogen-bond acceptors (Lipinski definition) is 3. The van der Waals surface area contributed by atoms with Crippen molar-refractivity contribution >= 4 is 11.6 Å². The van der Waals surface area contributed by atoms with Gasteiger partial charge in [0.25, 0.3) is 0 Å². The van der Waals surface area contributed by atoms with Crippen LogP contribution in [0.25, 0.3) is 0 Å². The Morgan fingerprint density at radius 1 is 0.963 bits per heavy atom. The topological polar surface area (TPSA) is 30.5 Å². The summed E-state index contributed by atoms with van der Waals surface area (Å²) >= 11 is 6.55. The number of ether oxygens (including phenoxy) is 2. The molecule has 0 aromatic heterocycles. The van der Waals surface area contributed by atoms with E-state index in [2.05, 4.69) is 11.4 Å². The van der Waals surface area contributed by atoms with Gasteiger partial charge >= 0.3 is 0 Å². The molecule has 3 nitrogen and oxygen atoms in total. The zero-order valence-electron chi connectivity index (χ0n) is 16.2. The van der Waals surface area contributed by atoms with Gasteiger partial charge in [0.05, 0.1) is 11.6 Å². The largest absolute Gasteiger partial charge is 0.490 e. The summed E-state index contributed by atoms with van der Waals surface area (Å²) in [6.45, 7) is 3.84. The molecule has 1 saturated carbocycles. The van der Waals surface area contributed by atoms with Crippen LogP contribution in [0.2, 0.25) is 5.02 Å². The summed E-state index contributed by atoms with van der Waals surface area (Å²) < 4.78 is 11.8. The van der Waals surface area contributed by atoms with Crippen molar-refractivity contribution in [3.8, 4) is 11.5 Å². The molecule has 0 bridgehead atoms. The van der Waals surface area contributed by atoms with Gasteiger partial charge in [0.2, 0.25) is 0 Å². The minimum Gasteiger partial charge on any atom is -0.490 e. The number of rotatable bonds is 8. The molecule has 3 rings (SSSR count). The van der Waals surface area contributed by atoms with E-state index in [0.29, 0.717) is 30.0 Å². The Morgan fingerprint density at radius 3 is 2.41 bits per heavy atom. The molecule has 0 amide bonds. The number of hydrogen-bond donors (Lipinski definition) is 1. The normalized spacial score (nSPS) is 15.3. The van der Waals surface area contributed by atoms with Crippen molar-refractivity contribution in [2.45, 2.75) is 64.6 Å². The predicted molar refractivity (Wildman–Crippen MR) is 112 cm³/mol. The monoisotopic (exact) mass is 387 g/mol. The zero-order valence-corrected chi connectivity index (χ0v) is 16.9. The quantitative estimate of drug-likeness (QED) is 0.552. The number of halogens is 1. The highest BCUT2D eigenvalue weighted by molar-refractivity contribution is 6.32. The van der Waals surface area contributed by atoms with Crippen LogP contribution >= 0.6 is 11.6 Å². The lowest BCUT2D eigenvalue weighted by atomic mass is 10.1. The van der Waals surface area contributed by atoms with Crippen molar-refractivity contribution in [2.75, 3.05) is 6.61 Å². The fourth-order valence-corrected chi connectivity index (χ4v) is 3.89. The van der Waals surface area contributed by atoms with Crippen LogP contribution in [0.15, 0.2) is 42.5 Å². The van der Waals surface area contributed by atoms with E-state index in [1.54, 1.807) is 0 Å². The predicted octanol–water partition coefficient (Wildman–Crippen LogP) is 6.13. The molecule has 0 heterocycles. The first-order valence-corrected chi connectivity index (χ1v) is 10.5. The van der Waals surface area contributed by atoms with Gasteiger partial charge in [-0.3, -0.25) is 0 Å². The Kier molecular flexibility index (Phi) is 7.85. The van der Waals surface area contributed by atoms with E-state index in [9.17, 15) is 0 Å². The van der Waals surface area contributed by atoms with Crippen molar-refractivity contribution in [2.24, 2.45) is 0 Å². The maximum atomic E-state index is 6.55. The van der Waals surface area contributed by atoms with Crippen LogP contribution in [0.4, 0.5) is 0 Å². The Morgan fingerprint density at radius 2 is 1.70 bits per heavy atom. The summed E-state index contributed by atoms with van der Waals surface area (Å²) in [6, 6.07) is 14.7. The SMILES string of the molecule is CCOc1cc(CNC2CCCCCC2)cc(Cl)c1OCc1ccccc1. The van der Waals surface area contributed by atoms with Crippen molar-refractivity contribution < 1.29 is 9.47 Å². The van der Waals surface area contributed by atoms with E-state index < -0.39 is 0 Å². The van der Waals surface area contributed by atoms with E-state index in [1.807, 2.05) is 43.3 Å². The molecule has 0 aliphatic heterocycles. The van der Waals surface area contributed by atoms with Gasteiger partial charge in [-0.15, -0.1) is 0 Å². The van der Waals surface area contributed by atoms with Crippen molar-refractivity contribution in [3.05, 3.63) is 58.6 Å². The minimum absolute atomic E-state index is 0.473. The Labute approximate surface area is 168 Å². The summed E-state index contributed by atoms with van der Waals surface area (Å²) in [5.74, 6) is 1.35. The summed E-state index contributed by atoms with van der Waals surface area (Å²) in [7, 11) is 0. The van der Waals surface area contributed by atoms with Crippen molar-refractivity contribution in [1.82, 2.24) is 5.32 Å². The van der Waals surface area contributed by atoms with Crippen LogP contribution in [0.1, 0.15) is 56.6 Å². The molecule has 2 aromatic carbocycles. The Bertz CT molecular complexity index is 697. The maximum absolute atomic E-state index is 6.55. The first-order chi connectivity index (χ1) is 13.3. The van der Waals surface area contributed by atoms with Crippen LogP contribution in [0.5, 0.6) is 11.5 Å². The van der Waals surface area contributed by atoms with Crippen LogP contribution < -0.4 is 14.8 Å². The van der Waals surface area contributed by atoms with Gasteiger partial charge < -0.3 is 14.8 Å². The first kappa shape index (κ1) is 20.0. The third-order valence-electron chi connectivity index (χ3n) is 5.05. The lowest BCUT2D eigenvalue weighted by Gasteiger charge is -2.18. The average molecular weight is 388 g/mol.